The van der Waals surface area contributed by atoms with Gasteiger partial charge >= 0.3 is 6.18 Å². The van der Waals surface area contributed by atoms with Gasteiger partial charge in [-0.15, -0.1) is 0 Å². The fourth-order valence-electron chi connectivity index (χ4n) is 2.35. The van der Waals surface area contributed by atoms with E-state index in [1.54, 1.807) is 31.2 Å². The van der Waals surface area contributed by atoms with Crippen molar-refractivity contribution < 1.29 is 22.5 Å². The van der Waals surface area contributed by atoms with E-state index in [4.69, 9.17) is 16.1 Å². The summed E-state index contributed by atoms with van der Waals surface area (Å²) in [5.74, 6) is 0.0948. The molecule has 0 aliphatic carbocycles. The number of carbonyl (C=O) groups is 1. The van der Waals surface area contributed by atoms with Crippen LogP contribution in [0.1, 0.15) is 21.7 Å². The molecule has 0 fully saturated rings. The van der Waals surface area contributed by atoms with Gasteiger partial charge < -0.3 is 4.52 Å². The number of hydrogen-bond donors (Lipinski definition) is 0. The number of nitrogens with zero attached hydrogens (tertiary/aromatic N) is 2. The van der Waals surface area contributed by atoms with Crippen molar-refractivity contribution in [1.82, 2.24) is 10.1 Å². The van der Waals surface area contributed by atoms with Crippen molar-refractivity contribution in [2.75, 3.05) is 5.75 Å². The van der Waals surface area contributed by atoms with Crippen molar-refractivity contribution in [2.45, 2.75) is 18.1 Å². The van der Waals surface area contributed by atoms with Gasteiger partial charge in [-0.05, 0) is 31.2 Å². The summed E-state index contributed by atoms with van der Waals surface area (Å²) in [7, 11) is 0. The fourth-order valence-corrected chi connectivity index (χ4v) is 3.19. The number of carbonyl (C=O) groups excluding carboxylic acids is 1. The minimum absolute atomic E-state index is 0.0129. The molecule has 0 spiro atoms. The Morgan fingerprint density at radius 2 is 1.89 bits per heavy atom. The average Bonchev–Trinajstić information content (AvgIpc) is 3.01. The van der Waals surface area contributed by atoms with Crippen LogP contribution in [0.15, 0.2) is 52.1 Å². The lowest BCUT2D eigenvalue weighted by Crippen LogP contribution is -2.06. The number of rotatable bonds is 5. The highest BCUT2D eigenvalue weighted by Gasteiger charge is 2.30. The number of ketones is 1. The van der Waals surface area contributed by atoms with Crippen LogP contribution in [0.25, 0.3) is 11.3 Å². The van der Waals surface area contributed by atoms with Gasteiger partial charge in [0.2, 0.25) is 0 Å². The van der Waals surface area contributed by atoms with Crippen molar-refractivity contribution in [3.05, 3.63) is 64.5 Å². The number of Topliss-reactive ketones (excluding diaryl/α,β-unsaturated/α-hetero) is 1. The SMILES string of the molecule is Cc1onc(-c2ccc(Cl)cc2)c1C(=O)CSc1ccc(C(F)(F)F)cn1. The second-order valence-electron chi connectivity index (χ2n) is 5.56. The van der Waals surface area contributed by atoms with Gasteiger partial charge in [0.1, 0.15) is 11.5 Å². The van der Waals surface area contributed by atoms with E-state index in [0.29, 0.717) is 32.6 Å². The summed E-state index contributed by atoms with van der Waals surface area (Å²) < 4.78 is 42.9. The highest BCUT2D eigenvalue weighted by atomic mass is 35.5. The second kappa shape index (κ2) is 7.74. The zero-order valence-corrected chi connectivity index (χ0v) is 15.5. The van der Waals surface area contributed by atoms with Crippen LogP contribution in [-0.2, 0) is 6.18 Å². The van der Waals surface area contributed by atoms with Crippen LogP contribution >= 0.6 is 23.4 Å². The van der Waals surface area contributed by atoms with Crippen molar-refractivity contribution in [1.29, 1.82) is 0 Å². The van der Waals surface area contributed by atoms with Gasteiger partial charge in [0.25, 0.3) is 0 Å². The molecule has 3 aromatic rings. The lowest BCUT2D eigenvalue weighted by atomic mass is 10.0. The highest BCUT2D eigenvalue weighted by Crippen LogP contribution is 2.31. The number of benzene rings is 1. The first-order valence-corrected chi connectivity index (χ1v) is 9.03. The lowest BCUT2D eigenvalue weighted by Gasteiger charge is -2.06. The molecular weight excluding hydrogens is 401 g/mol. The summed E-state index contributed by atoms with van der Waals surface area (Å²) in [5, 5.41) is 4.81. The van der Waals surface area contributed by atoms with Gasteiger partial charge in [-0.3, -0.25) is 4.79 Å². The molecule has 0 unspecified atom stereocenters. The maximum atomic E-state index is 12.6. The normalized spacial score (nSPS) is 11.6. The van der Waals surface area contributed by atoms with Crippen molar-refractivity contribution in [3.63, 3.8) is 0 Å². The number of halogens is 4. The van der Waals surface area contributed by atoms with E-state index in [1.807, 2.05) is 0 Å². The molecule has 3 rings (SSSR count). The van der Waals surface area contributed by atoms with Crippen LogP contribution in [0.5, 0.6) is 0 Å². The van der Waals surface area contributed by atoms with Crippen molar-refractivity contribution >= 4 is 29.1 Å². The zero-order chi connectivity index (χ0) is 19.6. The second-order valence-corrected chi connectivity index (χ2v) is 7.00. The maximum absolute atomic E-state index is 12.6. The zero-order valence-electron chi connectivity index (χ0n) is 13.9. The topological polar surface area (TPSA) is 56.0 Å². The Morgan fingerprint density at radius 1 is 1.19 bits per heavy atom. The molecule has 0 aliphatic rings. The predicted octanol–water partition coefficient (Wildman–Crippen LogP) is 5.69. The summed E-state index contributed by atoms with van der Waals surface area (Å²) in [5.41, 5.74) is 0.571. The Morgan fingerprint density at radius 3 is 2.48 bits per heavy atom. The third kappa shape index (κ3) is 4.51. The first-order valence-electron chi connectivity index (χ1n) is 7.67. The van der Waals surface area contributed by atoms with Gasteiger partial charge in [-0.25, -0.2) is 4.98 Å². The molecule has 0 atom stereocenters. The van der Waals surface area contributed by atoms with Crippen LogP contribution in [0.4, 0.5) is 13.2 Å². The summed E-state index contributed by atoms with van der Waals surface area (Å²) in [4.78, 5) is 16.4. The molecule has 1 aromatic carbocycles. The molecule has 0 bridgehead atoms. The van der Waals surface area contributed by atoms with E-state index in [1.165, 1.54) is 6.07 Å². The third-order valence-corrected chi connectivity index (χ3v) is 4.87. The number of thioether (sulfide) groups is 1. The first-order chi connectivity index (χ1) is 12.8. The van der Waals surface area contributed by atoms with Gasteiger partial charge in [0.05, 0.1) is 21.9 Å². The van der Waals surface area contributed by atoms with Crippen molar-refractivity contribution in [3.8, 4) is 11.3 Å². The van der Waals surface area contributed by atoms with Gasteiger partial charge in [-0.1, -0.05) is 40.7 Å². The van der Waals surface area contributed by atoms with E-state index < -0.39 is 11.7 Å². The average molecular weight is 413 g/mol. The summed E-state index contributed by atoms with van der Waals surface area (Å²) >= 11 is 6.91. The Bertz CT molecular complexity index is 954. The molecule has 140 valence electrons. The van der Waals surface area contributed by atoms with E-state index in [0.717, 1.165) is 24.0 Å². The Balaban J connectivity index is 1.75. The lowest BCUT2D eigenvalue weighted by molar-refractivity contribution is -0.137. The quantitative estimate of drug-likeness (QED) is 0.398. The molecule has 0 saturated heterocycles. The third-order valence-electron chi connectivity index (χ3n) is 3.67. The molecule has 2 aromatic heterocycles. The van der Waals surface area contributed by atoms with E-state index >= 15 is 0 Å². The Labute approximate surface area is 161 Å². The van der Waals surface area contributed by atoms with Crippen LogP contribution in [-0.4, -0.2) is 21.7 Å². The molecule has 4 nitrogen and oxygen atoms in total. The maximum Gasteiger partial charge on any atom is 0.417 e. The fraction of sp³-hybridized carbons (Fsp3) is 0.167. The molecule has 0 radical (unpaired) electrons. The molecule has 0 amide bonds. The summed E-state index contributed by atoms with van der Waals surface area (Å²) in [6.45, 7) is 1.63. The smallest absolute Gasteiger partial charge is 0.360 e. The van der Waals surface area contributed by atoms with Crippen LogP contribution in [0.3, 0.4) is 0 Å². The molecule has 2 heterocycles. The molecular formula is C18H12ClF3N2O2S. The number of pyridine rings is 1. The largest absolute Gasteiger partial charge is 0.417 e. The van der Waals surface area contributed by atoms with Crippen LogP contribution in [0.2, 0.25) is 5.02 Å². The van der Waals surface area contributed by atoms with Gasteiger partial charge in [0, 0.05) is 16.8 Å². The molecule has 0 saturated carbocycles. The van der Waals surface area contributed by atoms with Gasteiger partial charge in [0.15, 0.2) is 5.78 Å². The molecule has 0 aliphatic heterocycles. The van der Waals surface area contributed by atoms with E-state index in [9.17, 15) is 18.0 Å². The van der Waals surface area contributed by atoms with Crippen LogP contribution in [0, 0.1) is 6.92 Å². The Hall–Kier alpha value is -2.32. The Kier molecular flexibility index (Phi) is 5.57. The minimum Gasteiger partial charge on any atom is -0.360 e. The van der Waals surface area contributed by atoms with E-state index in [-0.39, 0.29) is 11.5 Å². The number of aromatic nitrogens is 2. The first kappa shape index (κ1) is 19.4. The van der Waals surface area contributed by atoms with E-state index in [2.05, 4.69) is 10.1 Å². The van der Waals surface area contributed by atoms with Crippen molar-refractivity contribution in [2.24, 2.45) is 0 Å². The number of alkyl halides is 3. The minimum atomic E-state index is -4.45. The monoisotopic (exact) mass is 412 g/mol. The highest BCUT2D eigenvalue weighted by molar-refractivity contribution is 7.99. The van der Waals surface area contributed by atoms with Crippen LogP contribution < -0.4 is 0 Å². The molecule has 27 heavy (non-hydrogen) atoms. The molecule has 9 heteroatoms. The standard InChI is InChI=1S/C18H12ClF3N2O2S/c1-10-16(17(24-26-10)11-2-5-13(19)6-3-11)14(25)9-27-15-7-4-12(8-23-15)18(20,21)22/h2-8H,9H2,1H3. The summed E-state index contributed by atoms with van der Waals surface area (Å²) in [6, 6.07) is 8.97. The van der Waals surface area contributed by atoms with Gasteiger partial charge in [-0.2, -0.15) is 13.2 Å². The molecule has 0 N–H and O–H groups in total. The number of hydrogen-bond acceptors (Lipinski definition) is 5. The number of aryl methyl sites for hydroxylation is 1. The summed E-state index contributed by atoms with van der Waals surface area (Å²) in [6.07, 6.45) is -3.70. The predicted molar refractivity (Wildman–Crippen MR) is 96.0 cm³/mol.